The second kappa shape index (κ2) is 6.85. The smallest absolute Gasteiger partial charge is 0.291 e. The normalized spacial score (nSPS) is 17.1. The van der Waals surface area contributed by atoms with Gasteiger partial charge in [0, 0.05) is 10.4 Å². The average molecular weight is 406 g/mol. The summed E-state index contributed by atoms with van der Waals surface area (Å²) in [4.78, 5) is 18.9. The predicted octanol–water partition coefficient (Wildman–Crippen LogP) is 3.75. The number of ether oxygens (including phenoxy) is 1. The molecule has 1 aromatic carbocycles. The summed E-state index contributed by atoms with van der Waals surface area (Å²) in [6, 6.07) is 11.9. The Labute approximate surface area is 168 Å². The lowest BCUT2D eigenvalue weighted by molar-refractivity contribution is 0.259. The number of benzene rings is 1. The molecule has 4 aromatic rings. The lowest BCUT2D eigenvalue weighted by Gasteiger charge is -2.22. The number of aromatic nitrogens is 3. The monoisotopic (exact) mass is 405 g/mol. The average Bonchev–Trinajstić information content (AvgIpc) is 3.40. The van der Waals surface area contributed by atoms with Crippen LogP contribution in [0.4, 0.5) is 0 Å². The van der Waals surface area contributed by atoms with Gasteiger partial charge in [0.1, 0.15) is 11.9 Å². The molecule has 28 heavy (non-hydrogen) atoms. The van der Waals surface area contributed by atoms with Crippen LogP contribution >= 0.6 is 22.7 Å². The highest BCUT2D eigenvalue weighted by Crippen LogP contribution is 2.29. The van der Waals surface area contributed by atoms with E-state index in [1.807, 2.05) is 66.9 Å². The molecule has 0 bridgehead atoms. The van der Waals surface area contributed by atoms with E-state index in [1.165, 1.54) is 15.9 Å². The summed E-state index contributed by atoms with van der Waals surface area (Å²) in [5.74, 6) is 1.39. The Morgan fingerprint density at radius 3 is 2.89 bits per heavy atom. The van der Waals surface area contributed by atoms with Crippen LogP contribution in [0.3, 0.4) is 0 Å². The number of para-hydroxylation sites is 1. The molecule has 0 fully saturated rings. The maximum atomic E-state index is 12.8. The zero-order valence-electron chi connectivity index (χ0n) is 14.9. The lowest BCUT2D eigenvalue weighted by atomic mass is 10.0. The van der Waals surface area contributed by atoms with Crippen LogP contribution in [0.5, 0.6) is 5.75 Å². The molecule has 0 spiro atoms. The van der Waals surface area contributed by atoms with Crippen LogP contribution < -0.4 is 14.8 Å². The van der Waals surface area contributed by atoms with Crippen LogP contribution in [0, 0.1) is 0 Å². The van der Waals surface area contributed by atoms with Crippen molar-refractivity contribution in [2.75, 3.05) is 0 Å². The Kier molecular flexibility index (Phi) is 4.18. The van der Waals surface area contributed by atoms with Crippen molar-refractivity contribution in [3.05, 3.63) is 78.5 Å². The predicted molar refractivity (Wildman–Crippen MR) is 115 cm³/mol. The third-order valence-corrected chi connectivity index (χ3v) is 6.25. The van der Waals surface area contributed by atoms with Gasteiger partial charge in [0.2, 0.25) is 4.96 Å². The summed E-state index contributed by atoms with van der Waals surface area (Å²) < 4.78 is 7.93. The Morgan fingerprint density at radius 2 is 2.07 bits per heavy atom. The van der Waals surface area contributed by atoms with E-state index in [0.29, 0.717) is 15.3 Å². The van der Waals surface area contributed by atoms with E-state index in [1.54, 1.807) is 11.3 Å². The minimum atomic E-state index is -0.157. The fraction of sp³-hybridized carbons (Fsp3) is 0.0952. The van der Waals surface area contributed by atoms with E-state index in [4.69, 9.17) is 4.74 Å². The van der Waals surface area contributed by atoms with Gasteiger partial charge >= 0.3 is 0 Å². The second-order valence-corrected chi connectivity index (χ2v) is 8.36. The molecule has 0 saturated carbocycles. The van der Waals surface area contributed by atoms with Gasteiger partial charge in [-0.1, -0.05) is 35.6 Å². The number of rotatable bonds is 3. The first-order valence-electron chi connectivity index (χ1n) is 8.77. The fourth-order valence-electron chi connectivity index (χ4n) is 3.04. The molecule has 0 radical (unpaired) electrons. The van der Waals surface area contributed by atoms with E-state index < -0.39 is 0 Å². The number of nitrogens with zero attached hydrogens (tertiary/aromatic N) is 3. The fourth-order valence-corrected chi connectivity index (χ4v) is 4.57. The van der Waals surface area contributed by atoms with Gasteiger partial charge in [0.15, 0.2) is 5.82 Å². The van der Waals surface area contributed by atoms with Crippen molar-refractivity contribution < 1.29 is 4.74 Å². The molecule has 0 saturated heterocycles. The first kappa shape index (κ1) is 17.1. The van der Waals surface area contributed by atoms with Gasteiger partial charge in [-0.2, -0.15) is 9.50 Å². The summed E-state index contributed by atoms with van der Waals surface area (Å²) >= 11 is 2.98. The molecule has 1 aliphatic rings. The molecule has 138 valence electrons. The Bertz CT molecular complexity index is 1330. The number of fused-ring (bicyclic) bond motifs is 2. The zero-order valence-corrected chi connectivity index (χ0v) is 16.5. The van der Waals surface area contributed by atoms with Gasteiger partial charge in [-0.3, -0.25) is 4.79 Å². The molecule has 0 aliphatic carbocycles. The van der Waals surface area contributed by atoms with Crippen molar-refractivity contribution in [3.63, 3.8) is 0 Å². The molecule has 1 atom stereocenters. The van der Waals surface area contributed by atoms with Gasteiger partial charge in [-0.15, -0.1) is 16.4 Å². The molecule has 7 heteroatoms. The van der Waals surface area contributed by atoms with Crippen LogP contribution in [-0.4, -0.2) is 20.7 Å². The van der Waals surface area contributed by atoms with E-state index in [-0.39, 0.29) is 11.7 Å². The van der Waals surface area contributed by atoms with Gasteiger partial charge in [0.25, 0.3) is 5.56 Å². The van der Waals surface area contributed by atoms with Crippen LogP contribution in [0.25, 0.3) is 29.3 Å². The van der Waals surface area contributed by atoms with Crippen molar-refractivity contribution >= 4 is 51.9 Å². The van der Waals surface area contributed by atoms with E-state index >= 15 is 0 Å². The zero-order chi connectivity index (χ0) is 19.1. The first-order chi connectivity index (χ1) is 13.7. The van der Waals surface area contributed by atoms with Crippen LogP contribution in [0.15, 0.2) is 52.1 Å². The van der Waals surface area contributed by atoms with Crippen molar-refractivity contribution in [1.82, 2.24) is 14.6 Å². The summed E-state index contributed by atoms with van der Waals surface area (Å²) in [6.07, 6.45) is 7.59. The van der Waals surface area contributed by atoms with Crippen molar-refractivity contribution in [2.45, 2.75) is 13.0 Å². The molecule has 3 aromatic heterocycles. The second-order valence-electron chi connectivity index (χ2n) is 6.37. The number of hydrogen-bond donors (Lipinski definition) is 0. The quantitative estimate of drug-likeness (QED) is 0.521. The Hall–Kier alpha value is -3.03. The molecule has 5 nitrogen and oxygen atoms in total. The molecule has 0 unspecified atom stereocenters. The van der Waals surface area contributed by atoms with Gasteiger partial charge in [-0.25, -0.2) is 0 Å². The SMILES string of the molecule is C[C@H]1Oc2ccccc2C=C1/C=c1\sc2nc(/C=C/c3cccs3)nn2c1=O. The molecule has 0 N–H and O–H groups in total. The summed E-state index contributed by atoms with van der Waals surface area (Å²) in [7, 11) is 0. The first-order valence-corrected chi connectivity index (χ1v) is 10.5. The molecule has 4 heterocycles. The van der Waals surface area contributed by atoms with E-state index in [0.717, 1.165) is 21.8 Å². The maximum Gasteiger partial charge on any atom is 0.291 e. The largest absolute Gasteiger partial charge is 0.485 e. The number of thiophene rings is 1. The van der Waals surface area contributed by atoms with Crippen LogP contribution in [0.2, 0.25) is 0 Å². The topological polar surface area (TPSA) is 56.5 Å². The van der Waals surface area contributed by atoms with Crippen LogP contribution in [0.1, 0.15) is 23.2 Å². The third-order valence-electron chi connectivity index (χ3n) is 4.45. The molecular formula is C21H15N3O2S2. The maximum absolute atomic E-state index is 12.8. The highest BCUT2D eigenvalue weighted by Gasteiger charge is 2.18. The highest BCUT2D eigenvalue weighted by atomic mass is 32.1. The van der Waals surface area contributed by atoms with E-state index in [2.05, 4.69) is 16.2 Å². The highest BCUT2D eigenvalue weighted by molar-refractivity contribution is 7.15. The summed E-state index contributed by atoms with van der Waals surface area (Å²) in [5, 5.41) is 6.34. The third kappa shape index (κ3) is 3.08. The minimum Gasteiger partial charge on any atom is -0.485 e. The molecular weight excluding hydrogens is 390 g/mol. The van der Waals surface area contributed by atoms with Crippen molar-refractivity contribution in [2.24, 2.45) is 0 Å². The van der Waals surface area contributed by atoms with Gasteiger partial charge in [-0.05, 0) is 54.3 Å². The lowest BCUT2D eigenvalue weighted by Crippen LogP contribution is -2.26. The molecule has 0 amide bonds. The summed E-state index contributed by atoms with van der Waals surface area (Å²) in [5.41, 5.74) is 1.81. The van der Waals surface area contributed by atoms with Crippen LogP contribution in [-0.2, 0) is 0 Å². The summed E-state index contributed by atoms with van der Waals surface area (Å²) in [6.45, 7) is 1.98. The van der Waals surface area contributed by atoms with E-state index in [9.17, 15) is 4.79 Å². The standard InChI is InChI=1S/C21H15N3O2S2/c1-13-15(11-14-5-2-3-7-17(14)26-13)12-18-20(25)24-21(28-18)22-19(23-24)9-8-16-6-4-10-27-16/h2-13H,1H3/b9-8+,18-12-/t13-/m1/s1. The minimum absolute atomic E-state index is 0.124. The van der Waals surface area contributed by atoms with Crippen molar-refractivity contribution in [3.8, 4) is 5.75 Å². The van der Waals surface area contributed by atoms with Gasteiger partial charge < -0.3 is 4.74 Å². The Morgan fingerprint density at radius 1 is 1.18 bits per heavy atom. The van der Waals surface area contributed by atoms with Gasteiger partial charge in [0.05, 0.1) is 4.53 Å². The number of hydrogen-bond acceptors (Lipinski definition) is 6. The molecule has 5 rings (SSSR count). The number of thiazole rings is 1. The Balaban J connectivity index is 1.52. The molecule has 1 aliphatic heterocycles. The van der Waals surface area contributed by atoms with Crippen molar-refractivity contribution in [1.29, 1.82) is 0 Å².